The van der Waals surface area contributed by atoms with Crippen molar-refractivity contribution in [2.24, 2.45) is 5.10 Å². The van der Waals surface area contributed by atoms with E-state index in [9.17, 15) is 9.59 Å². The van der Waals surface area contributed by atoms with Crippen LogP contribution in [0, 0.1) is 0 Å². The Morgan fingerprint density at radius 2 is 1.66 bits per heavy atom. The van der Waals surface area contributed by atoms with Crippen molar-refractivity contribution in [1.82, 2.24) is 10.7 Å². The standard InChI is InChI=1S/C26H25Cl2N3O4/c1-3-34-24-14-18(12-13-23(24)35-16-20-21(27)10-7-11-22(20)28)15-29-31-26(33)25(32)30-17(2)19-8-5-4-6-9-19/h4-15,17H,3,16H2,1-2H3,(H,30,32)(H,31,33)/b29-15-/t17-/m0/s1. The van der Waals surface area contributed by atoms with Crippen molar-refractivity contribution in [2.45, 2.75) is 26.5 Å². The van der Waals surface area contributed by atoms with Crippen molar-refractivity contribution in [3.05, 3.63) is 93.5 Å². The number of carbonyl (C=O) groups is 2. The summed E-state index contributed by atoms with van der Waals surface area (Å²) in [6.07, 6.45) is 1.41. The monoisotopic (exact) mass is 513 g/mol. The Hall–Kier alpha value is -3.55. The first-order valence-corrected chi connectivity index (χ1v) is 11.7. The van der Waals surface area contributed by atoms with Crippen molar-refractivity contribution >= 4 is 41.2 Å². The van der Waals surface area contributed by atoms with E-state index in [1.807, 2.05) is 37.3 Å². The Bertz CT molecular complexity index is 1180. The molecule has 3 rings (SSSR count). The minimum atomic E-state index is -0.870. The van der Waals surface area contributed by atoms with Crippen LogP contribution in [0.3, 0.4) is 0 Å². The van der Waals surface area contributed by atoms with E-state index in [4.69, 9.17) is 32.7 Å². The van der Waals surface area contributed by atoms with E-state index in [0.29, 0.717) is 39.3 Å². The molecular weight excluding hydrogens is 489 g/mol. The highest BCUT2D eigenvalue weighted by molar-refractivity contribution is 6.36. The van der Waals surface area contributed by atoms with E-state index in [-0.39, 0.29) is 12.6 Å². The van der Waals surface area contributed by atoms with Gasteiger partial charge >= 0.3 is 11.8 Å². The number of ether oxygens (including phenoxy) is 2. The predicted molar refractivity (Wildman–Crippen MR) is 137 cm³/mol. The van der Waals surface area contributed by atoms with Crippen LogP contribution in [0.15, 0.2) is 71.8 Å². The molecule has 0 unspecified atom stereocenters. The van der Waals surface area contributed by atoms with E-state index in [1.165, 1.54) is 6.21 Å². The summed E-state index contributed by atoms with van der Waals surface area (Å²) in [6.45, 7) is 4.23. The third-order valence-electron chi connectivity index (χ3n) is 4.93. The molecule has 2 N–H and O–H groups in total. The van der Waals surface area contributed by atoms with Gasteiger partial charge in [0, 0.05) is 15.6 Å². The van der Waals surface area contributed by atoms with Gasteiger partial charge in [-0.2, -0.15) is 5.10 Å². The first-order chi connectivity index (χ1) is 16.9. The van der Waals surface area contributed by atoms with Crippen molar-refractivity contribution in [2.75, 3.05) is 6.61 Å². The lowest BCUT2D eigenvalue weighted by Crippen LogP contribution is -2.39. The molecule has 3 aromatic rings. The fourth-order valence-corrected chi connectivity index (χ4v) is 3.62. The van der Waals surface area contributed by atoms with Crippen LogP contribution in [0.1, 0.15) is 36.6 Å². The number of nitrogens with zero attached hydrogens (tertiary/aromatic N) is 1. The lowest BCUT2D eigenvalue weighted by Gasteiger charge is -2.14. The number of hydrogen-bond donors (Lipinski definition) is 2. The summed E-state index contributed by atoms with van der Waals surface area (Å²) in [5.41, 5.74) is 4.43. The average molecular weight is 514 g/mol. The fraction of sp³-hybridized carbons (Fsp3) is 0.192. The van der Waals surface area contributed by atoms with E-state index in [1.54, 1.807) is 43.3 Å². The third kappa shape index (κ3) is 7.47. The first kappa shape index (κ1) is 26.1. The van der Waals surface area contributed by atoms with Crippen LogP contribution in [0.2, 0.25) is 10.0 Å². The average Bonchev–Trinajstić information content (AvgIpc) is 2.85. The first-order valence-electron chi connectivity index (χ1n) is 10.9. The number of amides is 2. The maximum absolute atomic E-state index is 12.1. The van der Waals surface area contributed by atoms with Crippen LogP contribution in [-0.2, 0) is 16.2 Å². The van der Waals surface area contributed by atoms with Crippen molar-refractivity contribution < 1.29 is 19.1 Å². The molecule has 0 spiro atoms. The second-order valence-corrected chi connectivity index (χ2v) is 8.25. The summed E-state index contributed by atoms with van der Waals surface area (Å²) in [7, 11) is 0. The molecule has 3 aromatic carbocycles. The molecule has 0 fully saturated rings. The number of halogens is 2. The van der Waals surface area contributed by atoms with Crippen molar-refractivity contribution in [3.8, 4) is 11.5 Å². The largest absolute Gasteiger partial charge is 0.490 e. The fourth-order valence-electron chi connectivity index (χ4n) is 3.12. The molecule has 0 aliphatic carbocycles. The van der Waals surface area contributed by atoms with Gasteiger partial charge in [0.05, 0.1) is 18.9 Å². The second-order valence-electron chi connectivity index (χ2n) is 7.43. The Labute approximate surface area is 214 Å². The Morgan fingerprint density at radius 3 is 2.34 bits per heavy atom. The molecule has 0 aliphatic rings. The molecule has 0 heterocycles. The number of hydrogen-bond acceptors (Lipinski definition) is 5. The van der Waals surface area contributed by atoms with Crippen molar-refractivity contribution in [1.29, 1.82) is 0 Å². The van der Waals surface area contributed by atoms with Gasteiger partial charge in [-0.05, 0) is 55.3 Å². The molecule has 0 aromatic heterocycles. The highest BCUT2D eigenvalue weighted by Crippen LogP contribution is 2.31. The van der Waals surface area contributed by atoms with Crippen LogP contribution in [0.25, 0.3) is 0 Å². The molecule has 182 valence electrons. The summed E-state index contributed by atoms with van der Waals surface area (Å²) in [6, 6.07) is 19.4. The third-order valence-corrected chi connectivity index (χ3v) is 5.64. The van der Waals surface area contributed by atoms with E-state index >= 15 is 0 Å². The minimum absolute atomic E-state index is 0.165. The lowest BCUT2D eigenvalue weighted by molar-refractivity contribution is -0.139. The van der Waals surface area contributed by atoms with Gasteiger partial charge in [0.15, 0.2) is 11.5 Å². The zero-order chi connectivity index (χ0) is 25.2. The van der Waals surface area contributed by atoms with E-state index < -0.39 is 11.8 Å². The number of rotatable bonds is 9. The van der Waals surface area contributed by atoms with Gasteiger partial charge in [0.25, 0.3) is 0 Å². The summed E-state index contributed by atoms with van der Waals surface area (Å²) < 4.78 is 11.6. The molecule has 2 amide bonds. The molecule has 0 bridgehead atoms. The van der Waals surface area contributed by atoms with Gasteiger partial charge in [0.2, 0.25) is 0 Å². The molecule has 0 saturated heterocycles. The summed E-state index contributed by atoms with van der Waals surface area (Å²) in [5, 5.41) is 7.53. The summed E-state index contributed by atoms with van der Waals surface area (Å²) in [4.78, 5) is 24.2. The minimum Gasteiger partial charge on any atom is -0.490 e. The summed E-state index contributed by atoms with van der Waals surface area (Å²) >= 11 is 12.4. The van der Waals surface area contributed by atoms with Gasteiger partial charge in [-0.3, -0.25) is 9.59 Å². The Kier molecular flexibility index (Phi) is 9.52. The van der Waals surface area contributed by atoms with Crippen LogP contribution < -0.4 is 20.2 Å². The predicted octanol–water partition coefficient (Wildman–Crippen LogP) is 5.30. The highest BCUT2D eigenvalue weighted by atomic mass is 35.5. The van der Waals surface area contributed by atoms with Gasteiger partial charge in [0.1, 0.15) is 6.61 Å². The Morgan fingerprint density at radius 1 is 0.943 bits per heavy atom. The molecule has 9 heteroatoms. The number of benzene rings is 3. The van der Waals surface area contributed by atoms with Crippen LogP contribution >= 0.6 is 23.2 Å². The highest BCUT2D eigenvalue weighted by Gasteiger charge is 2.16. The van der Waals surface area contributed by atoms with Gasteiger partial charge in [-0.1, -0.05) is 59.6 Å². The quantitative estimate of drug-likeness (QED) is 0.231. The number of nitrogens with one attached hydrogen (secondary N) is 2. The van der Waals surface area contributed by atoms with E-state index in [2.05, 4.69) is 15.8 Å². The number of carbonyl (C=O) groups excluding carboxylic acids is 2. The molecule has 0 aliphatic heterocycles. The topological polar surface area (TPSA) is 89.0 Å². The zero-order valence-corrected chi connectivity index (χ0v) is 20.8. The molecule has 7 nitrogen and oxygen atoms in total. The van der Waals surface area contributed by atoms with Gasteiger partial charge in [-0.25, -0.2) is 5.43 Å². The van der Waals surface area contributed by atoms with Crippen molar-refractivity contribution in [3.63, 3.8) is 0 Å². The lowest BCUT2D eigenvalue weighted by atomic mass is 10.1. The number of hydrazone groups is 1. The summed E-state index contributed by atoms with van der Waals surface area (Å²) in [5.74, 6) is -0.667. The SMILES string of the molecule is CCOc1cc(/C=N\NC(=O)C(=O)N[C@@H](C)c2ccccc2)ccc1OCc1c(Cl)cccc1Cl. The van der Waals surface area contributed by atoms with Gasteiger partial charge in [-0.15, -0.1) is 0 Å². The van der Waals surface area contributed by atoms with Crippen LogP contribution in [0.4, 0.5) is 0 Å². The zero-order valence-electron chi connectivity index (χ0n) is 19.3. The van der Waals surface area contributed by atoms with Crippen LogP contribution in [0.5, 0.6) is 11.5 Å². The van der Waals surface area contributed by atoms with Crippen LogP contribution in [-0.4, -0.2) is 24.6 Å². The second kappa shape index (κ2) is 12.8. The molecule has 0 radical (unpaired) electrons. The Balaban J connectivity index is 1.60. The molecular formula is C26H25Cl2N3O4. The molecule has 0 saturated carbocycles. The van der Waals surface area contributed by atoms with Gasteiger partial charge < -0.3 is 14.8 Å². The maximum Gasteiger partial charge on any atom is 0.329 e. The maximum atomic E-state index is 12.1. The smallest absolute Gasteiger partial charge is 0.329 e. The van der Waals surface area contributed by atoms with E-state index in [0.717, 1.165) is 5.56 Å². The normalized spacial score (nSPS) is 11.7. The molecule has 35 heavy (non-hydrogen) atoms. The molecule has 1 atom stereocenters.